The highest BCUT2D eigenvalue weighted by Gasteiger charge is 2.53. The molecular weight excluding hydrogens is 244 g/mol. The van der Waals surface area contributed by atoms with Gasteiger partial charge in [-0.05, 0) is 44.4 Å². The summed E-state index contributed by atoms with van der Waals surface area (Å²) in [6.07, 6.45) is 4.14. The van der Waals surface area contributed by atoms with Gasteiger partial charge in [0, 0.05) is 17.4 Å². The van der Waals surface area contributed by atoms with Crippen LogP contribution in [0.1, 0.15) is 32.6 Å². The molecule has 4 nitrogen and oxygen atoms in total. The molecule has 4 heteroatoms. The van der Waals surface area contributed by atoms with Gasteiger partial charge in [0.2, 0.25) is 0 Å². The standard InChI is InChI=1S/C15H20O4/c1-8(2)15(17)19-7-18-14-11-4-9-3-10(6-11)13(16)12(14)5-9/h9-12,14H,1,3-7H2,2H3. The molecule has 5 atom stereocenters. The molecule has 0 radical (unpaired) electrons. The summed E-state index contributed by atoms with van der Waals surface area (Å²) in [5.41, 5.74) is 0.366. The third-order valence-corrected chi connectivity index (χ3v) is 4.86. The third-order valence-electron chi connectivity index (χ3n) is 4.86. The van der Waals surface area contributed by atoms with Crippen molar-refractivity contribution >= 4 is 11.8 Å². The molecule has 0 spiro atoms. The number of carbonyl (C=O) groups is 2. The van der Waals surface area contributed by atoms with Crippen molar-refractivity contribution in [3.05, 3.63) is 12.2 Å². The summed E-state index contributed by atoms with van der Waals surface area (Å²) in [4.78, 5) is 23.5. The second-order valence-electron chi connectivity index (χ2n) is 6.24. The van der Waals surface area contributed by atoms with Crippen LogP contribution in [0.5, 0.6) is 0 Å². The first-order valence-corrected chi connectivity index (χ1v) is 7.04. The molecule has 4 saturated carbocycles. The van der Waals surface area contributed by atoms with Crippen LogP contribution in [0.25, 0.3) is 0 Å². The molecule has 4 fully saturated rings. The normalized spacial score (nSPS) is 39.4. The third kappa shape index (κ3) is 2.22. The first kappa shape index (κ1) is 12.9. The van der Waals surface area contributed by atoms with Crippen LogP contribution < -0.4 is 0 Å². The Hall–Kier alpha value is -1.16. The molecule has 104 valence electrons. The lowest BCUT2D eigenvalue weighted by Crippen LogP contribution is -2.55. The van der Waals surface area contributed by atoms with Gasteiger partial charge in [-0.15, -0.1) is 0 Å². The van der Waals surface area contributed by atoms with E-state index >= 15 is 0 Å². The molecule has 4 bridgehead atoms. The van der Waals surface area contributed by atoms with Gasteiger partial charge in [0.15, 0.2) is 6.79 Å². The Balaban J connectivity index is 1.58. The second kappa shape index (κ2) is 4.75. The average molecular weight is 264 g/mol. The van der Waals surface area contributed by atoms with E-state index in [1.165, 1.54) is 6.42 Å². The largest absolute Gasteiger partial charge is 0.435 e. The average Bonchev–Trinajstić information content (AvgIpc) is 2.37. The Labute approximate surface area is 113 Å². The van der Waals surface area contributed by atoms with Gasteiger partial charge in [0.25, 0.3) is 0 Å². The molecule has 4 aliphatic carbocycles. The lowest BCUT2D eigenvalue weighted by atomic mass is 9.54. The van der Waals surface area contributed by atoms with Crippen LogP contribution in [0.15, 0.2) is 12.2 Å². The molecule has 19 heavy (non-hydrogen) atoms. The van der Waals surface area contributed by atoms with E-state index in [4.69, 9.17) is 9.47 Å². The van der Waals surface area contributed by atoms with Gasteiger partial charge in [-0.1, -0.05) is 6.58 Å². The van der Waals surface area contributed by atoms with Gasteiger partial charge in [-0.2, -0.15) is 0 Å². The maximum absolute atomic E-state index is 12.2. The number of hydrogen-bond donors (Lipinski definition) is 0. The van der Waals surface area contributed by atoms with Crippen molar-refractivity contribution in [2.75, 3.05) is 6.79 Å². The number of hydrogen-bond acceptors (Lipinski definition) is 4. The summed E-state index contributed by atoms with van der Waals surface area (Å²) < 4.78 is 10.7. The molecule has 0 saturated heterocycles. The maximum Gasteiger partial charge on any atom is 0.335 e. The molecular formula is C15H20O4. The monoisotopic (exact) mass is 264 g/mol. The minimum Gasteiger partial charge on any atom is -0.435 e. The molecule has 0 aliphatic heterocycles. The fraction of sp³-hybridized carbons (Fsp3) is 0.733. The molecule has 0 heterocycles. The fourth-order valence-corrected chi connectivity index (χ4v) is 4.12. The SMILES string of the molecule is C=C(C)C(=O)OCOC1C2CC3CC(C2)C(=O)C1C3. The molecule has 0 aromatic heterocycles. The van der Waals surface area contributed by atoms with E-state index in [1.54, 1.807) is 6.92 Å². The minimum absolute atomic E-state index is 0.0415. The lowest BCUT2D eigenvalue weighted by molar-refractivity contribution is -0.186. The van der Waals surface area contributed by atoms with Crippen LogP contribution in [0, 0.1) is 23.7 Å². The highest BCUT2D eigenvalue weighted by Crippen LogP contribution is 2.52. The van der Waals surface area contributed by atoms with Crippen LogP contribution in [-0.2, 0) is 19.1 Å². The first-order chi connectivity index (χ1) is 9.06. The van der Waals surface area contributed by atoms with Gasteiger partial charge in [-0.3, -0.25) is 4.79 Å². The highest BCUT2D eigenvalue weighted by atomic mass is 16.7. The number of carbonyl (C=O) groups excluding carboxylic acids is 2. The van der Waals surface area contributed by atoms with Gasteiger partial charge >= 0.3 is 5.97 Å². The van der Waals surface area contributed by atoms with E-state index in [0.29, 0.717) is 23.2 Å². The van der Waals surface area contributed by atoms with E-state index in [2.05, 4.69) is 6.58 Å². The molecule has 5 unspecified atom stereocenters. The summed E-state index contributed by atoms with van der Waals surface area (Å²) in [7, 11) is 0. The van der Waals surface area contributed by atoms with E-state index in [0.717, 1.165) is 19.3 Å². The smallest absolute Gasteiger partial charge is 0.335 e. The zero-order valence-electron chi connectivity index (χ0n) is 11.3. The van der Waals surface area contributed by atoms with Crippen LogP contribution in [-0.4, -0.2) is 24.6 Å². The predicted octanol–water partition coefficient (Wildman–Crippen LogP) is 2.08. The Morgan fingerprint density at radius 3 is 2.84 bits per heavy atom. The molecule has 4 aliphatic rings. The Bertz CT molecular complexity index is 428. The van der Waals surface area contributed by atoms with Crippen LogP contribution in [0.3, 0.4) is 0 Å². The summed E-state index contributed by atoms with van der Waals surface area (Å²) in [5, 5.41) is 0. The van der Waals surface area contributed by atoms with Crippen LogP contribution in [0.4, 0.5) is 0 Å². The minimum atomic E-state index is -0.435. The number of ether oxygens (including phenoxy) is 2. The number of esters is 1. The van der Waals surface area contributed by atoms with Crippen molar-refractivity contribution in [1.29, 1.82) is 0 Å². The summed E-state index contributed by atoms with van der Waals surface area (Å²) in [5.74, 6) is 1.45. The molecule has 0 N–H and O–H groups in total. The van der Waals surface area contributed by atoms with Gasteiger partial charge in [0.05, 0.1) is 6.10 Å². The zero-order valence-corrected chi connectivity index (χ0v) is 11.3. The van der Waals surface area contributed by atoms with Gasteiger partial charge < -0.3 is 9.47 Å². The van der Waals surface area contributed by atoms with Gasteiger partial charge in [0.1, 0.15) is 5.78 Å². The second-order valence-corrected chi connectivity index (χ2v) is 6.24. The summed E-state index contributed by atoms with van der Waals surface area (Å²) in [6.45, 7) is 5.06. The van der Waals surface area contributed by atoms with Crippen molar-refractivity contribution in [2.24, 2.45) is 23.7 Å². The van der Waals surface area contributed by atoms with E-state index in [1.807, 2.05) is 0 Å². The summed E-state index contributed by atoms with van der Waals surface area (Å²) in [6, 6.07) is 0. The van der Waals surface area contributed by atoms with Crippen molar-refractivity contribution in [3.63, 3.8) is 0 Å². The Morgan fingerprint density at radius 1 is 1.32 bits per heavy atom. The number of Topliss-reactive ketones (excluding diaryl/α,β-unsaturated/α-hetero) is 1. The van der Waals surface area contributed by atoms with E-state index in [-0.39, 0.29) is 24.7 Å². The summed E-state index contributed by atoms with van der Waals surface area (Å²) >= 11 is 0. The molecule has 4 rings (SSSR count). The molecule has 0 aromatic rings. The van der Waals surface area contributed by atoms with Crippen LogP contribution in [0.2, 0.25) is 0 Å². The topological polar surface area (TPSA) is 52.6 Å². The number of rotatable bonds is 4. The highest BCUT2D eigenvalue weighted by molar-refractivity contribution is 5.87. The van der Waals surface area contributed by atoms with E-state index in [9.17, 15) is 9.59 Å². The lowest BCUT2D eigenvalue weighted by Gasteiger charge is -2.52. The van der Waals surface area contributed by atoms with E-state index < -0.39 is 5.97 Å². The first-order valence-electron chi connectivity index (χ1n) is 7.04. The van der Waals surface area contributed by atoms with Crippen molar-refractivity contribution in [3.8, 4) is 0 Å². The fourth-order valence-electron chi connectivity index (χ4n) is 4.12. The van der Waals surface area contributed by atoms with Crippen LogP contribution >= 0.6 is 0 Å². The molecule has 0 aromatic carbocycles. The Morgan fingerprint density at radius 2 is 2.11 bits per heavy atom. The maximum atomic E-state index is 12.2. The van der Waals surface area contributed by atoms with Crippen molar-refractivity contribution in [2.45, 2.75) is 38.7 Å². The number of ketones is 1. The van der Waals surface area contributed by atoms with Gasteiger partial charge in [-0.25, -0.2) is 4.79 Å². The zero-order chi connectivity index (χ0) is 13.6. The van der Waals surface area contributed by atoms with Crippen molar-refractivity contribution < 1.29 is 19.1 Å². The predicted molar refractivity (Wildman–Crippen MR) is 68.1 cm³/mol. The Kier molecular flexibility index (Phi) is 3.21. The molecule has 0 amide bonds. The quantitative estimate of drug-likeness (QED) is 0.443. The van der Waals surface area contributed by atoms with Crippen molar-refractivity contribution in [1.82, 2.24) is 0 Å².